The molecule has 0 amide bonds. The predicted molar refractivity (Wildman–Crippen MR) is 92.4 cm³/mol. The molecule has 2 atom stereocenters. The lowest BCUT2D eigenvalue weighted by atomic mass is 9.79. The molecule has 1 fully saturated rings. The molecule has 3 rings (SSSR count). The maximum Gasteiger partial charge on any atom is 0.135 e. The number of likely N-dealkylation sites (tertiary alicyclic amines) is 1. The molecule has 3 heteroatoms. The minimum atomic E-state index is -0.262. The van der Waals surface area contributed by atoms with Crippen LogP contribution in [0, 0.1) is 5.92 Å². The monoisotopic (exact) mass is 313 g/mol. The lowest BCUT2D eigenvalue weighted by Gasteiger charge is -2.45. The van der Waals surface area contributed by atoms with E-state index in [9.17, 15) is 0 Å². The molecule has 0 N–H and O–H groups in total. The van der Waals surface area contributed by atoms with Crippen LogP contribution in [-0.2, 0) is 16.8 Å². The molecule has 2 aromatic rings. The van der Waals surface area contributed by atoms with Crippen molar-refractivity contribution in [3.63, 3.8) is 0 Å². The number of ether oxygens (including phenoxy) is 1. The fraction of sp³-hybridized carbons (Fsp3) is 0.500. The first-order valence-corrected chi connectivity index (χ1v) is 8.69. The van der Waals surface area contributed by atoms with Gasteiger partial charge in [-0.25, -0.2) is 0 Å². The van der Waals surface area contributed by atoms with Crippen LogP contribution in [0.15, 0.2) is 53.1 Å². The zero-order chi connectivity index (χ0) is 16.1. The molecular weight excluding hydrogens is 286 g/mol. The van der Waals surface area contributed by atoms with Crippen molar-refractivity contribution < 1.29 is 9.15 Å². The van der Waals surface area contributed by atoms with E-state index in [0.717, 1.165) is 44.8 Å². The molecule has 1 aromatic heterocycles. The van der Waals surface area contributed by atoms with Gasteiger partial charge in [0.25, 0.3) is 0 Å². The average Bonchev–Trinajstić information content (AvgIpc) is 3.11. The summed E-state index contributed by atoms with van der Waals surface area (Å²) in [6, 6.07) is 14.8. The standard InChI is InChI=1S/C20H27NO2/c1-3-23-20(19-10-7-15-22-19)12-14-21(16-17(20)2)13-11-18-8-5-4-6-9-18/h4-10,15,17H,3,11-14,16H2,1-2H3. The van der Waals surface area contributed by atoms with Gasteiger partial charge in [0.05, 0.1) is 6.26 Å². The van der Waals surface area contributed by atoms with Gasteiger partial charge in [0.2, 0.25) is 0 Å². The van der Waals surface area contributed by atoms with Gasteiger partial charge in [0.15, 0.2) is 0 Å². The average molecular weight is 313 g/mol. The molecule has 2 heterocycles. The molecule has 1 aliphatic rings. The van der Waals surface area contributed by atoms with Gasteiger partial charge in [-0.1, -0.05) is 37.3 Å². The summed E-state index contributed by atoms with van der Waals surface area (Å²) in [4.78, 5) is 2.55. The van der Waals surface area contributed by atoms with Crippen LogP contribution >= 0.6 is 0 Å². The highest BCUT2D eigenvalue weighted by Crippen LogP contribution is 2.41. The molecule has 1 saturated heterocycles. The predicted octanol–water partition coefficient (Wildman–Crippen LogP) is 4.10. The highest BCUT2D eigenvalue weighted by molar-refractivity contribution is 5.16. The van der Waals surface area contributed by atoms with Gasteiger partial charge in [-0.3, -0.25) is 0 Å². The highest BCUT2D eigenvalue weighted by Gasteiger charge is 2.44. The molecule has 23 heavy (non-hydrogen) atoms. The van der Waals surface area contributed by atoms with E-state index in [4.69, 9.17) is 9.15 Å². The van der Waals surface area contributed by atoms with Crippen LogP contribution in [0.5, 0.6) is 0 Å². The second-order valence-electron chi connectivity index (χ2n) is 6.49. The van der Waals surface area contributed by atoms with Gasteiger partial charge in [-0.2, -0.15) is 0 Å². The Morgan fingerprint density at radius 1 is 1.22 bits per heavy atom. The number of hydrogen-bond acceptors (Lipinski definition) is 3. The van der Waals surface area contributed by atoms with Crippen molar-refractivity contribution >= 4 is 0 Å². The van der Waals surface area contributed by atoms with Crippen LogP contribution in [0.1, 0.15) is 31.6 Å². The Morgan fingerprint density at radius 3 is 2.70 bits per heavy atom. The van der Waals surface area contributed by atoms with E-state index in [2.05, 4.69) is 55.1 Å². The summed E-state index contributed by atoms with van der Waals surface area (Å²) in [6.07, 6.45) is 3.85. The van der Waals surface area contributed by atoms with Gasteiger partial charge in [-0.15, -0.1) is 0 Å². The Hall–Kier alpha value is -1.58. The van der Waals surface area contributed by atoms with E-state index in [-0.39, 0.29) is 5.60 Å². The second kappa shape index (κ2) is 7.33. The lowest BCUT2D eigenvalue weighted by molar-refractivity contribution is -0.132. The molecule has 0 aliphatic carbocycles. The molecule has 1 aromatic carbocycles. The van der Waals surface area contributed by atoms with E-state index in [1.807, 2.05) is 6.07 Å². The zero-order valence-corrected chi connectivity index (χ0v) is 14.2. The third-order valence-electron chi connectivity index (χ3n) is 5.03. The third kappa shape index (κ3) is 3.51. The van der Waals surface area contributed by atoms with E-state index in [1.165, 1.54) is 5.56 Å². The summed E-state index contributed by atoms with van der Waals surface area (Å²) in [5.74, 6) is 1.40. The quantitative estimate of drug-likeness (QED) is 0.803. The first kappa shape index (κ1) is 16.3. The molecule has 0 bridgehead atoms. The fourth-order valence-electron chi connectivity index (χ4n) is 3.76. The number of piperidine rings is 1. The molecule has 0 radical (unpaired) electrons. The van der Waals surface area contributed by atoms with Crippen molar-refractivity contribution in [2.45, 2.75) is 32.3 Å². The SMILES string of the molecule is CCOC1(c2ccco2)CCN(CCc2ccccc2)CC1C. The topological polar surface area (TPSA) is 25.6 Å². The van der Waals surface area contributed by atoms with Gasteiger partial charge < -0.3 is 14.1 Å². The van der Waals surface area contributed by atoms with Crippen LogP contribution in [-0.4, -0.2) is 31.1 Å². The largest absolute Gasteiger partial charge is 0.466 e. The maximum atomic E-state index is 6.22. The first-order valence-electron chi connectivity index (χ1n) is 8.69. The Labute approximate surface area is 139 Å². The van der Waals surface area contributed by atoms with Crippen LogP contribution in [0.3, 0.4) is 0 Å². The number of benzene rings is 1. The zero-order valence-electron chi connectivity index (χ0n) is 14.2. The van der Waals surface area contributed by atoms with E-state index in [1.54, 1.807) is 6.26 Å². The van der Waals surface area contributed by atoms with Crippen molar-refractivity contribution in [3.8, 4) is 0 Å². The number of nitrogens with zero attached hydrogens (tertiary/aromatic N) is 1. The van der Waals surface area contributed by atoms with Gasteiger partial charge in [-0.05, 0) is 37.5 Å². The van der Waals surface area contributed by atoms with Crippen LogP contribution in [0.2, 0.25) is 0 Å². The second-order valence-corrected chi connectivity index (χ2v) is 6.49. The van der Waals surface area contributed by atoms with Crippen molar-refractivity contribution in [1.82, 2.24) is 4.90 Å². The smallest absolute Gasteiger partial charge is 0.135 e. The first-order chi connectivity index (χ1) is 11.2. The summed E-state index contributed by atoms with van der Waals surface area (Å²) in [5.41, 5.74) is 1.15. The number of hydrogen-bond donors (Lipinski definition) is 0. The van der Waals surface area contributed by atoms with E-state index in [0.29, 0.717) is 5.92 Å². The Morgan fingerprint density at radius 2 is 2.04 bits per heavy atom. The van der Waals surface area contributed by atoms with Crippen molar-refractivity contribution in [2.75, 3.05) is 26.2 Å². The molecule has 2 unspecified atom stereocenters. The normalized spacial score (nSPS) is 25.6. The molecule has 0 spiro atoms. The fourth-order valence-corrected chi connectivity index (χ4v) is 3.76. The minimum absolute atomic E-state index is 0.262. The summed E-state index contributed by atoms with van der Waals surface area (Å²) < 4.78 is 11.9. The summed E-state index contributed by atoms with van der Waals surface area (Å²) in [5, 5.41) is 0. The van der Waals surface area contributed by atoms with Gasteiger partial charge in [0, 0.05) is 32.2 Å². The number of furan rings is 1. The van der Waals surface area contributed by atoms with Crippen LogP contribution in [0.25, 0.3) is 0 Å². The number of rotatable bonds is 6. The van der Waals surface area contributed by atoms with Crippen molar-refractivity contribution in [1.29, 1.82) is 0 Å². The van der Waals surface area contributed by atoms with Crippen molar-refractivity contribution in [3.05, 3.63) is 60.1 Å². The molecule has 3 nitrogen and oxygen atoms in total. The maximum absolute atomic E-state index is 6.22. The molecule has 124 valence electrons. The summed E-state index contributed by atoms with van der Waals surface area (Å²) in [6.45, 7) is 8.28. The third-order valence-corrected chi connectivity index (χ3v) is 5.03. The lowest BCUT2D eigenvalue weighted by Crippen LogP contribution is -2.50. The Bertz CT molecular complexity index is 581. The highest BCUT2D eigenvalue weighted by atomic mass is 16.5. The molecule has 1 aliphatic heterocycles. The van der Waals surface area contributed by atoms with E-state index >= 15 is 0 Å². The summed E-state index contributed by atoms with van der Waals surface area (Å²) in [7, 11) is 0. The van der Waals surface area contributed by atoms with Gasteiger partial charge in [0.1, 0.15) is 11.4 Å². The Balaban J connectivity index is 1.64. The van der Waals surface area contributed by atoms with Gasteiger partial charge >= 0.3 is 0 Å². The van der Waals surface area contributed by atoms with Crippen molar-refractivity contribution in [2.24, 2.45) is 5.92 Å². The Kier molecular flexibility index (Phi) is 5.19. The molecule has 0 saturated carbocycles. The van der Waals surface area contributed by atoms with E-state index < -0.39 is 0 Å². The van der Waals surface area contributed by atoms with Crippen LogP contribution in [0.4, 0.5) is 0 Å². The minimum Gasteiger partial charge on any atom is -0.466 e. The molecular formula is C20H27NO2. The summed E-state index contributed by atoms with van der Waals surface area (Å²) >= 11 is 0. The van der Waals surface area contributed by atoms with Crippen LogP contribution < -0.4 is 0 Å².